The number of fused-ring (bicyclic) bond motifs is 1. The minimum Gasteiger partial charge on any atom is -0.458 e. The van der Waals surface area contributed by atoms with E-state index in [0.29, 0.717) is 44.4 Å². The highest BCUT2D eigenvalue weighted by molar-refractivity contribution is 5.72. The van der Waals surface area contributed by atoms with Crippen LogP contribution in [0.15, 0.2) is 0 Å². The second-order valence-corrected chi connectivity index (χ2v) is 15.4. The molecule has 5 unspecified atom stereocenters. The van der Waals surface area contributed by atoms with Crippen molar-refractivity contribution >= 4 is 12.1 Å². The molecule has 11 heteroatoms. The molecule has 3 fully saturated rings. The Morgan fingerprint density at radius 1 is 1.02 bits per heavy atom. The van der Waals surface area contributed by atoms with Gasteiger partial charge in [-0.25, -0.2) is 4.79 Å². The summed E-state index contributed by atoms with van der Waals surface area (Å²) >= 11 is 0. The average Bonchev–Trinajstić information content (AvgIpc) is 3.27. The van der Waals surface area contributed by atoms with Gasteiger partial charge in [0.2, 0.25) is 0 Å². The van der Waals surface area contributed by atoms with E-state index >= 15 is 0 Å². The maximum atomic E-state index is 13.4. The molecular weight excluding hydrogens is 604 g/mol. The molecule has 1 N–H and O–H groups in total. The van der Waals surface area contributed by atoms with Crippen molar-refractivity contribution in [2.75, 3.05) is 34.3 Å². The molecule has 0 aromatic heterocycles. The van der Waals surface area contributed by atoms with E-state index in [9.17, 15) is 14.7 Å². The number of esters is 1. The number of aliphatic hydroxyl groups is 1. The molecule has 0 amide bonds. The fraction of sp³-hybridized carbons (Fsp3) is 0.944. The summed E-state index contributed by atoms with van der Waals surface area (Å²) in [5.74, 6) is -0.923. The smallest absolute Gasteiger partial charge is 0.458 e. The number of carbonyl (C=O) groups is 2. The third-order valence-electron chi connectivity index (χ3n) is 10.1. The zero-order valence-electron chi connectivity index (χ0n) is 31.9. The zero-order valence-corrected chi connectivity index (χ0v) is 31.9. The first-order valence-electron chi connectivity index (χ1n) is 17.9. The van der Waals surface area contributed by atoms with Gasteiger partial charge in [-0.05, 0) is 107 Å². The van der Waals surface area contributed by atoms with E-state index in [1.165, 1.54) is 0 Å². The van der Waals surface area contributed by atoms with E-state index in [1.807, 2.05) is 62.4 Å². The van der Waals surface area contributed by atoms with Gasteiger partial charge in [-0.15, -0.1) is 0 Å². The lowest BCUT2D eigenvalue weighted by Gasteiger charge is -2.44. The molecule has 3 rings (SSSR count). The van der Waals surface area contributed by atoms with Crippen LogP contribution < -0.4 is 0 Å². The van der Waals surface area contributed by atoms with Gasteiger partial charge in [0.15, 0.2) is 18.0 Å². The summed E-state index contributed by atoms with van der Waals surface area (Å²) in [7, 11) is 6.11. The van der Waals surface area contributed by atoms with Crippen molar-refractivity contribution in [3.05, 3.63) is 0 Å². The van der Waals surface area contributed by atoms with Crippen molar-refractivity contribution in [2.45, 2.75) is 168 Å². The average molecular weight is 673 g/mol. The molecule has 12 atom stereocenters. The van der Waals surface area contributed by atoms with Crippen molar-refractivity contribution in [1.82, 2.24) is 9.80 Å². The van der Waals surface area contributed by atoms with Crippen molar-refractivity contribution in [3.8, 4) is 0 Å². The number of hydrogen-bond acceptors (Lipinski definition) is 11. The minimum absolute atomic E-state index is 0.0368. The van der Waals surface area contributed by atoms with Crippen LogP contribution >= 0.6 is 0 Å². The molecule has 11 nitrogen and oxygen atoms in total. The van der Waals surface area contributed by atoms with Crippen LogP contribution in [0.25, 0.3) is 0 Å². The number of likely N-dealkylation sites (N-methyl/N-ethyl adjacent to an activating group) is 1. The summed E-state index contributed by atoms with van der Waals surface area (Å²) in [5.41, 5.74) is -2.31. The SMILES string of the molecule is CCOC(C)C.CC[C@H]1OC(=O)C(C)C[C@H](C)[C@@H](OC2CC(N(C)C)CC(C)O2)[C@](C)(O)C[C@@H](C)CN(C)C(C)[C@@H]2OC(=O)O[C@]12C. The van der Waals surface area contributed by atoms with Crippen LogP contribution in [-0.4, -0.2) is 121 Å². The first-order valence-corrected chi connectivity index (χ1v) is 17.9. The van der Waals surface area contributed by atoms with Crippen LogP contribution in [-0.2, 0) is 33.2 Å². The Hall–Kier alpha value is -1.50. The van der Waals surface area contributed by atoms with Crippen LogP contribution in [0.4, 0.5) is 4.79 Å². The summed E-state index contributed by atoms with van der Waals surface area (Å²) in [6.07, 6.45) is 0.406. The summed E-state index contributed by atoms with van der Waals surface area (Å²) in [6, 6.07) is 0.0950. The van der Waals surface area contributed by atoms with Gasteiger partial charge in [0.25, 0.3) is 0 Å². The highest BCUT2D eigenvalue weighted by Crippen LogP contribution is 2.39. The third kappa shape index (κ3) is 11.5. The molecule has 3 saturated heterocycles. The summed E-state index contributed by atoms with van der Waals surface area (Å²) in [6.45, 7) is 23.1. The molecule has 276 valence electrons. The normalized spacial score (nSPS) is 41.1. The van der Waals surface area contributed by atoms with Crippen LogP contribution in [0, 0.1) is 17.8 Å². The largest absolute Gasteiger partial charge is 0.509 e. The van der Waals surface area contributed by atoms with Gasteiger partial charge >= 0.3 is 12.1 Å². The highest BCUT2D eigenvalue weighted by Gasteiger charge is 2.57. The van der Waals surface area contributed by atoms with Gasteiger partial charge in [-0.1, -0.05) is 27.7 Å². The number of rotatable bonds is 6. The Balaban J connectivity index is 0.00000117. The molecule has 47 heavy (non-hydrogen) atoms. The molecule has 3 aliphatic rings. The van der Waals surface area contributed by atoms with Gasteiger partial charge < -0.3 is 38.4 Å². The molecule has 0 spiro atoms. The number of hydrogen-bond donors (Lipinski definition) is 1. The molecule has 0 aliphatic carbocycles. The van der Waals surface area contributed by atoms with Gasteiger partial charge in [0.1, 0.15) is 6.10 Å². The lowest BCUT2D eigenvalue weighted by Crippen LogP contribution is -2.57. The maximum Gasteiger partial charge on any atom is 0.509 e. The van der Waals surface area contributed by atoms with Crippen LogP contribution in [0.2, 0.25) is 0 Å². The van der Waals surface area contributed by atoms with E-state index in [0.717, 1.165) is 13.0 Å². The van der Waals surface area contributed by atoms with Crippen LogP contribution in [0.1, 0.15) is 108 Å². The zero-order chi connectivity index (χ0) is 35.9. The predicted octanol–water partition coefficient (Wildman–Crippen LogP) is 5.65. The van der Waals surface area contributed by atoms with E-state index in [1.54, 1.807) is 6.92 Å². The Labute approximate surface area is 285 Å². The van der Waals surface area contributed by atoms with E-state index < -0.39 is 47.9 Å². The van der Waals surface area contributed by atoms with Gasteiger partial charge in [0, 0.05) is 31.7 Å². The molecule has 0 aromatic rings. The van der Waals surface area contributed by atoms with E-state index in [4.69, 9.17) is 28.4 Å². The Bertz CT molecular complexity index is 978. The lowest BCUT2D eigenvalue weighted by atomic mass is 9.79. The van der Waals surface area contributed by atoms with Gasteiger partial charge in [-0.2, -0.15) is 0 Å². The number of ether oxygens (including phenoxy) is 6. The molecule has 0 aromatic carbocycles. The standard InChI is InChI=1S/C31H56N2O8.C5H12O/c1-12-24-31(8)27(40-29(35)41-31)22(6)33(11)17-18(2)16-30(7,36)26(19(3)13-20(4)28(34)38-24)39-25-15-23(32(9)10)14-21(5)37-25;1-4-6-5(2)3/h18-27,36H,12-17H2,1-11H3;5H,4H2,1-3H3/t18-,19+,20?,21?,22?,23?,24-,25?,26-,27+,30-,31-;/m1./s1. The maximum absolute atomic E-state index is 13.4. The van der Waals surface area contributed by atoms with E-state index in [2.05, 4.69) is 37.7 Å². The number of cyclic esters (lactones) is 1. The number of carbonyl (C=O) groups excluding carboxylic acids is 2. The fourth-order valence-corrected chi connectivity index (χ4v) is 7.69. The summed E-state index contributed by atoms with van der Waals surface area (Å²) in [5, 5.41) is 12.0. The first kappa shape index (κ1) is 41.7. The molecule has 3 heterocycles. The second kappa shape index (κ2) is 17.9. The fourth-order valence-electron chi connectivity index (χ4n) is 7.69. The quantitative estimate of drug-likeness (QED) is 0.353. The Kier molecular flexibility index (Phi) is 15.9. The van der Waals surface area contributed by atoms with Crippen molar-refractivity contribution in [2.24, 2.45) is 17.8 Å². The third-order valence-corrected chi connectivity index (χ3v) is 10.1. The monoisotopic (exact) mass is 672 g/mol. The van der Waals surface area contributed by atoms with E-state index in [-0.39, 0.29) is 30.0 Å². The Morgan fingerprint density at radius 3 is 2.19 bits per heavy atom. The second-order valence-electron chi connectivity index (χ2n) is 15.4. The molecule has 0 saturated carbocycles. The van der Waals surface area contributed by atoms with Gasteiger partial charge in [0.05, 0.1) is 29.8 Å². The van der Waals surface area contributed by atoms with Gasteiger partial charge in [-0.3, -0.25) is 9.69 Å². The van der Waals surface area contributed by atoms with Crippen LogP contribution in [0.3, 0.4) is 0 Å². The summed E-state index contributed by atoms with van der Waals surface area (Å²) in [4.78, 5) is 30.1. The van der Waals surface area contributed by atoms with Crippen molar-refractivity contribution < 1.29 is 43.1 Å². The van der Waals surface area contributed by atoms with Crippen LogP contribution in [0.5, 0.6) is 0 Å². The molecule has 3 aliphatic heterocycles. The minimum atomic E-state index is -1.19. The predicted molar refractivity (Wildman–Crippen MR) is 182 cm³/mol. The summed E-state index contributed by atoms with van der Waals surface area (Å²) < 4.78 is 35.4. The Morgan fingerprint density at radius 2 is 1.66 bits per heavy atom. The number of nitrogens with zero attached hydrogens (tertiary/aromatic N) is 2. The molecule has 0 bridgehead atoms. The first-order chi connectivity index (χ1) is 21.7. The van der Waals surface area contributed by atoms with Crippen molar-refractivity contribution in [3.63, 3.8) is 0 Å². The molecular formula is C36H68N2O9. The lowest BCUT2D eigenvalue weighted by molar-refractivity contribution is -0.261. The topological polar surface area (TPSA) is 116 Å². The highest BCUT2D eigenvalue weighted by atomic mass is 16.8. The van der Waals surface area contributed by atoms with Crippen molar-refractivity contribution in [1.29, 1.82) is 0 Å². The molecule has 0 radical (unpaired) electrons.